The van der Waals surface area contributed by atoms with Gasteiger partial charge in [-0.25, -0.2) is 4.79 Å². The van der Waals surface area contributed by atoms with Crippen molar-refractivity contribution in [2.24, 2.45) is 0 Å². The average molecular weight is 409 g/mol. The maximum absolute atomic E-state index is 12.3. The number of rotatable bonds is 13. The molecule has 4 heteroatoms. The summed E-state index contributed by atoms with van der Waals surface area (Å²) in [6.45, 7) is 4.98. The lowest BCUT2D eigenvalue weighted by molar-refractivity contribution is 0.0734. The maximum atomic E-state index is 12.3. The van der Waals surface area contributed by atoms with Gasteiger partial charge in [-0.2, -0.15) is 0 Å². The van der Waals surface area contributed by atoms with Crippen LogP contribution in [0, 0.1) is 0 Å². The van der Waals surface area contributed by atoms with Crippen molar-refractivity contribution in [3.05, 3.63) is 71.8 Å². The second-order valence-corrected chi connectivity index (χ2v) is 7.26. The lowest BCUT2D eigenvalue weighted by Crippen LogP contribution is -2.08. The van der Waals surface area contributed by atoms with E-state index in [1.807, 2.05) is 6.08 Å². The van der Waals surface area contributed by atoms with E-state index in [0.717, 1.165) is 37.9 Å². The largest absolute Gasteiger partial charge is 0.494 e. The third-order valence-electron chi connectivity index (χ3n) is 4.70. The van der Waals surface area contributed by atoms with Crippen LogP contribution in [0.25, 0.3) is 0 Å². The van der Waals surface area contributed by atoms with Crippen LogP contribution in [0.1, 0.15) is 79.5 Å². The van der Waals surface area contributed by atoms with E-state index >= 15 is 0 Å². The first-order chi connectivity index (χ1) is 14.6. The van der Waals surface area contributed by atoms with Gasteiger partial charge in [-0.3, -0.25) is 4.79 Å². The van der Waals surface area contributed by atoms with E-state index < -0.39 is 5.97 Å². The van der Waals surface area contributed by atoms with Gasteiger partial charge in [-0.05, 0) is 73.9 Å². The van der Waals surface area contributed by atoms with E-state index in [1.54, 1.807) is 54.6 Å². The van der Waals surface area contributed by atoms with Crippen LogP contribution in [-0.2, 0) is 0 Å². The van der Waals surface area contributed by atoms with Crippen molar-refractivity contribution in [3.63, 3.8) is 0 Å². The number of ether oxygens (including phenoxy) is 2. The van der Waals surface area contributed by atoms with Gasteiger partial charge < -0.3 is 9.47 Å². The summed E-state index contributed by atoms with van der Waals surface area (Å²) in [6, 6.07) is 13.6. The molecule has 0 aromatic heterocycles. The molecular formula is C26H32O4. The van der Waals surface area contributed by atoms with Gasteiger partial charge in [-0.1, -0.05) is 45.6 Å². The van der Waals surface area contributed by atoms with E-state index in [9.17, 15) is 9.59 Å². The second kappa shape index (κ2) is 13.4. The van der Waals surface area contributed by atoms with Crippen LogP contribution >= 0.6 is 0 Å². The molecule has 0 saturated heterocycles. The van der Waals surface area contributed by atoms with Crippen molar-refractivity contribution in [2.45, 2.75) is 58.8 Å². The molecular weight excluding hydrogens is 376 g/mol. The van der Waals surface area contributed by atoms with Gasteiger partial charge in [0.15, 0.2) is 5.78 Å². The molecule has 0 radical (unpaired) electrons. The minimum atomic E-state index is -0.442. The van der Waals surface area contributed by atoms with E-state index in [0.29, 0.717) is 23.5 Å². The normalized spacial score (nSPS) is 10.9. The van der Waals surface area contributed by atoms with Crippen molar-refractivity contribution < 1.29 is 19.1 Å². The topological polar surface area (TPSA) is 52.6 Å². The maximum Gasteiger partial charge on any atom is 0.343 e. The Morgan fingerprint density at radius 3 is 2.03 bits per heavy atom. The van der Waals surface area contributed by atoms with Crippen LogP contribution in [-0.4, -0.2) is 18.4 Å². The number of carbonyl (C=O) groups excluding carboxylic acids is 2. The molecule has 0 saturated carbocycles. The van der Waals surface area contributed by atoms with Crippen LogP contribution in [0.3, 0.4) is 0 Å². The number of hydrogen-bond donors (Lipinski definition) is 0. The van der Waals surface area contributed by atoms with E-state index in [2.05, 4.69) is 13.8 Å². The van der Waals surface area contributed by atoms with Crippen LogP contribution in [0.4, 0.5) is 0 Å². The van der Waals surface area contributed by atoms with Gasteiger partial charge in [0.2, 0.25) is 0 Å². The molecule has 0 atom stereocenters. The number of carbonyl (C=O) groups is 2. The fraction of sp³-hybridized carbons (Fsp3) is 0.385. The predicted molar refractivity (Wildman–Crippen MR) is 120 cm³/mol. The molecule has 0 unspecified atom stereocenters. The van der Waals surface area contributed by atoms with Crippen molar-refractivity contribution >= 4 is 11.8 Å². The Kier molecular flexibility index (Phi) is 10.4. The number of hydrogen-bond acceptors (Lipinski definition) is 4. The lowest BCUT2D eigenvalue weighted by Gasteiger charge is -2.07. The van der Waals surface area contributed by atoms with Gasteiger partial charge in [0.25, 0.3) is 0 Å². The molecule has 0 aliphatic rings. The molecule has 2 rings (SSSR count). The molecule has 2 aromatic carbocycles. The zero-order valence-corrected chi connectivity index (χ0v) is 18.1. The van der Waals surface area contributed by atoms with Crippen molar-refractivity contribution in [1.29, 1.82) is 0 Å². The highest BCUT2D eigenvalue weighted by Gasteiger charge is 2.10. The molecule has 0 fully saturated rings. The summed E-state index contributed by atoms with van der Waals surface area (Å²) in [6.07, 6.45) is 11.2. The molecule has 0 N–H and O–H groups in total. The molecule has 0 amide bonds. The summed E-state index contributed by atoms with van der Waals surface area (Å²) in [5.74, 6) is 0.665. The minimum Gasteiger partial charge on any atom is -0.494 e. The first-order valence-electron chi connectivity index (χ1n) is 10.9. The van der Waals surface area contributed by atoms with E-state index in [-0.39, 0.29) is 5.78 Å². The van der Waals surface area contributed by atoms with Gasteiger partial charge in [0.1, 0.15) is 11.5 Å². The predicted octanol–water partition coefficient (Wildman–Crippen LogP) is 6.79. The average Bonchev–Trinajstić information content (AvgIpc) is 2.77. The van der Waals surface area contributed by atoms with Crippen LogP contribution in [0.5, 0.6) is 11.5 Å². The number of unbranched alkanes of at least 4 members (excludes halogenated alkanes) is 5. The third-order valence-corrected chi connectivity index (χ3v) is 4.70. The second-order valence-electron chi connectivity index (χ2n) is 7.26. The highest BCUT2D eigenvalue weighted by molar-refractivity contribution is 6.04. The smallest absolute Gasteiger partial charge is 0.343 e. The Balaban J connectivity index is 1.84. The molecule has 4 nitrogen and oxygen atoms in total. The molecule has 0 aliphatic heterocycles. The molecule has 0 heterocycles. The monoisotopic (exact) mass is 408 g/mol. The molecule has 0 spiro atoms. The summed E-state index contributed by atoms with van der Waals surface area (Å²) in [5.41, 5.74) is 1.03. The Morgan fingerprint density at radius 1 is 0.767 bits per heavy atom. The van der Waals surface area contributed by atoms with Crippen molar-refractivity contribution in [2.75, 3.05) is 6.61 Å². The number of benzene rings is 2. The molecule has 2 aromatic rings. The summed E-state index contributed by atoms with van der Waals surface area (Å²) in [7, 11) is 0. The van der Waals surface area contributed by atoms with E-state index in [4.69, 9.17) is 9.47 Å². The number of esters is 1. The highest BCUT2D eigenvalue weighted by atomic mass is 16.5. The molecule has 30 heavy (non-hydrogen) atoms. The standard InChI is InChI=1S/C26H32O4/c1-3-5-7-8-9-11-25(27)21-12-18-24(19-13-21)30-26(28)22-14-16-23(17-15-22)29-20-10-6-4-2/h9,11-19H,3-8,10,20H2,1-2H3. The first-order valence-corrected chi connectivity index (χ1v) is 10.9. The highest BCUT2D eigenvalue weighted by Crippen LogP contribution is 2.17. The van der Waals surface area contributed by atoms with Crippen LogP contribution in [0.2, 0.25) is 0 Å². The Labute approximate surface area is 179 Å². The summed E-state index contributed by atoms with van der Waals surface area (Å²) < 4.78 is 11.1. The number of allylic oxidation sites excluding steroid dienone is 2. The van der Waals surface area contributed by atoms with Gasteiger partial charge in [-0.15, -0.1) is 0 Å². The Hall–Kier alpha value is -2.88. The van der Waals surface area contributed by atoms with Gasteiger partial charge in [0, 0.05) is 5.56 Å². The van der Waals surface area contributed by atoms with Gasteiger partial charge in [0.05, 0.1) is 12.2 Å². The lowest BCUT2D eigenvalue weighted by atomic mass is 10.1. The molecule has 0 bridgehead atoms. The fourth-order valence-corrected chi connectivity index (χ4v) is 2.88. The van der Waals surface area contributed by atoms with Crippen LogP contribution < -0.4 is 9.47 Å². The SMILES string of the molecule is CCCCCC=CC(=O)c1ccc(OC(=O)c2ccc(OCCCCC)cc2)cc1. The quantitative estimate of drug-likeness (QED) is 0.120. The molecule has 160 valence electrons. The Morgan fingerprint density at radius 2 is 1.37 bits per heavy atom. The van der Waals surface area contributed by atoms with Gasteiger partial charge >= 0.3 is 5.97 Å². The zero-order chi connectivity index (χ0) is 21.6. The first kappa shape index (κ1) is 23.4. The summed E-state index contributed by atoms with van der Waals surface area (Å²) >= 11 is 0. The number of ketones is 1. The molecule has 0 aliphatic carbocycles. The fourth-order valence-electron chi connectivity index (χ4n) is 2.88. The summed E-state index contributed by atoms with van der Waals surface area (Å²) in [4.78, 5) is 24.5. The van der Waals surface area contributed by atoms with E-state index in [1.165, 1.54) is 12.8 Å². The van der Waals surface area contributed by atoms with Crippen LogP contribution in [0.15, 0.2) is 60.7 Å². The Bertz CT molecular complexity index is 804. The van der Waals surface area contributed by atoms with Crippen molar-refractivity contribution in [1.82, 2.24) is 0 Å². The zero-order valence-electron chi connectivity index (χ0n) is 18.1. The summed E-state index contributed by atoms with van der Waals surface area (Å²) in [5, 5.41) is 0. The minimum absolute atomic E-state index is 0.0427. The third kappa shape index (κ3) is 8.24. The van der Waals surface area contributed by atoms with Crippen molar-refractivity contribution in [3.8, 4) is 11.5 Å².